The van der Waals surface area contributed by atoms with Gasteiger partial charge in [-0.05, 0) is 13.0 Å². The molecule has 2 aliphatic heterocycles. The van der Waals surface area contributed by atoms with E-state index in [4.69, 9.17) is 9.90 Å². The zero-order chi connectivity index (χ0) is 14.9. The minimum absolute atomic E-state index is 0.281. The van der Waals surface area contributed by atoms with Crippen molar-refractivity contribution in [3.05, 3.63) is 0 Å². The standard InChI is InChI=1S/C7H14N2O2S.C2HF3O2/c1-12(10,11)9-5-7(6-9)2-3-8-4-7;3-2(4,5)1(6)7/h8H,2-6H2,1H3;(H,6,7). The Kier molecular flexibility index (Phi) is 4.47. The summed E-state index contributed by atoms with van der Waals surface area (Å²) in [6.45, 7) is 3.47. The highest BCUT2D eigenvalue weighted by Gasteiger charge is 2.48. The van der Waals surface area contributed by atoms with E-state index in [1.54, 1.807) is 4.31 Å². The Morgan fingerprint density at radius 2 is 1.84 bits per heavy atom. The second kappa shape index (κ2) is 5.25. The van der Waals surface area contributed by atoms with Gasteiger partial charge in [-0.1, -0.05) is 0 Å². The van der Waals surface area contributed by atoms with Crippen LogP contribution in [0.2, 0.25) is 0 Å². The molecule has 0 unspecified atom stereocenters. The zero-order valence-electron chi connectivity index (χ0n) is 10.2. The first kappa shape index (κ1) is 16.2. The minimum atomic E-state index is -5.08. The number of aliphatic carboxylic acids is 1. The lowest BCUT2D eigenvalue weighted by molar-refractivity contribution is -0.192. The Bertz CT molecular complexity index is 435. The summed E-state index contributed by atoms with van der Waals surface area (Å²) in [5, 5.41) is 10.4. The maximum absolute atomic E-state index is 11.1. The second-order valence-electron chi connectivity index (χ2n) is 4.76. The number of nitrogens with zero attached hydrogens (tertiary/aromatic N) is 1. The molecule has 0 bridgehead atoms. The van der Waals surface area contributed by atoms with Crippen molar-refractivity contribution in [1.82, 2.24) is 9.62 Å². The van der Waals surface area contributed by atoms with Gasteiger partial charge in [0.05, 0.1) is 6.26 Å². The van der Waals surface area contributed by atoms with Crippen LogP contribution in [0.25, 0.3) is 0 Å². The Labute approximate surface area is 108 Å². The number of rotatable bonds is 1. The Morgan fingerprint density at radius 1 is 1.37 bits per heavy atom. The summed E-state index contributed by atoms with van der Waals surface area (Å²) in [4.78, 5) is 8.90. The lowest BCUT2D eigenvalue weighted by Gasteiger charge is -2.45. The van der Waals surface area contributed by atoms with Gasteiger partial charge in [0.2, 0.25) is 10.0 Å². The smallest absolute Gasteiger partial charge is 0.475 e. The van der Waals surface area contributed by atoms with E-state index in [2.05, 4.69) is 5.32 Å². The van der Waals surface area contributed by atoms with Crippen molar-refractivity contribution in [2.75, 3.05) is 32.4 Å². The van der Waals surface area contributed by atoms with Crippen molar-refractivity contribution in [1.29, 1.82) is 0 Å². The number of hydrogen-bond acceptors (Lipinski definition) is 4. The lowest BCUT2D eigenvalue weighted by atomic mass is 9.81. The largest absolute Gasteiger partial charge is 0.490 e. The molecular formula is C9H15F3N2O4S. The van der Waals surface area contributed by atoms with Gasteiger partial charge in [0, 0.05) is 25.0 Å². The van der Waals surface area contributed by atoms with Crippen molar-refractivity contribution in [2.24, 2.45) is 5.41 Å². The topological polar surface area (TPSA) is 86.7 Å². The van der Waals surface area contributed by atoms with Crippen molar-refractivity contribution < 1.29 is 31.5 Å². The van der Waals surface area contributed by atoms with Gasteiger partial charge in [0.1, 0.15) is 0 Å². The summed E-state index contributed by atoms with van der Waals surface area (Å²) in [5.41, 5.74) is 0.281. The molecule has 2 heterocycles. The molecule has 112 valence electrons. The predicted molar refractivity (Wildman–Crippen MR) is 60.0 cm³/mol. The van der Waals surface area contributed by atoms with Gasteiger partial charge in [-0.15, -0.1) is 0 Å². The van der Waals surface area contributed by atoms with Gasteiger partial charge in [0.15, 0.2) is 0 Å². The Morgan fingerprint density at radius 3 is 2.11 bits per heavy atom. The summed E-state index contributed by atoms with van der Waals surface area (Å²) < 4.78 is 55.4. The molecule has 0 aromatic rings. The highest BCUT2D eigenvalue weighted by Crippen LogP contribution is 2.37. The molecule has 1 spiro atoms. The third-order valence-electron chi connectivity index (χ3n) is 3.07. The van der Waals surface area contributed by atoms with Crippen LogP contribution in [0.15, 0.2) is 0 Å². The number of sulfonamides is 1. The van der Waals surface area contributed by atoms with Gasteiger partial charge in [-0.3, -0.25) is 0 Å². The molecule has 19 heavy (non-hydrogen) atoms. The van der Waals surface area contributed by atoms with Crippen molar-refractivity contribution in [2.45, 2.75) is 12.6 Å². The monoisotopic (exact) mass is 304 g/mol. The Hall–Kier alpha value is -0.870. The minimum Gasteiger partial charge on any atom is -0.475 e. The summed E-state index contributed by atoms with van der Waals surface area (Å²) >= 11 is 0. The first-order valence-corrected chi connectivity index (χ1v) is 7.27. The number of hydrogen-bond donors (Lipinski definition) is 2. The van der Waals surface area contributed by atoms with Gasteiger partial charge in [-0.2, -0.15) is 13.2 Å². The maximum Gasteiger partial charge on any atom is 0.490 e. The molecule has 0 radical (unpaired) electrons. The van der Waals surface area contributed by atoms with Crippen LogP contribution in [0.5, 0.6) is 0 Å². The van der Waals surface area contributed by atoms with Gasteiger partial charge >= 0.3 is 12.1 Å². The summed E-state index contributed by atoms with van der Waals surface area (Å²) in [7, 11) is -2.92. The zero-order valence-corrected chi connectivity index (χ0v) is 11.0. The molecule has 2 saturated heterocycles. The number of halogens is 3. The quantitative estimate of drug-likeness (QED) is 0.705. The molecular weight excluding hydrogens is 289 g/mol. The predicted octanol–water partition coefficient (Wildman–Crippen LogP) is -0.125. The molecule has 6 nitrogen and oxygen atoms in total. The number of carbonyl (C=O) groups is 1. The number of carboxylic acids is 1. The average molecular weight is 304 g/mol. The average Bonchev–Trinajstić information content (AvgIpc) is 2.61. The fraction of sp³-hybridized carbons (Fsp3) is 0.889. The molecule has 0 aromatic heterocycles. The first-order chi connectivity index (χ1) is 8.46. The lowest BCUT2D eigenvalue weighted by Crippen LogP contribution is -2.58. The van der Waals surface area contributed by atoms with E-state index in [1.807, 2.05) is 0 Å². The number of nitrogens with one attached hydrogen (secondary N) is 1. The van der Waals surface area contributed by atoms with Crippen LogP contribution < -0.4 is 5.32 Å². The van der Waals surface area contributed by atoms with Gasteiger partial charge < -0.3 is 10.4 Å². The van der Waals surface area contributed by atoms with Gasteiger partial charge in [0.25, 0.3) is 0 Å². The third-order valence-corrected chi connectivity index (χ3v) is 4.26. The van der Waals surface area contributed by atoms with E-state index >= 15 is 0 Å². The van der Waals surface area contributed by atoms with Crippen LogP contribution in [0.1, 0.15) is 6.42 Å². The van der Waals surface area contributed by atoms with Gasteiger partial charge in [-0.25, -0.2) is 17.5 Å². The van der Waals surface area contributed by atoms with Crippen LogP contribution in [0.4, 0.5) is 13.2 Å². The van der Waals surface area contributed by atoms with Crippen LogP contribution in [0, 0.1) is 5.41 Å². The van der Waals surface area contributed by atoms with E-state index in [0.29, 0.717) is 0 Å². The maximum atomic E-state index is 11.1. The normalized spacial score (nSPS) is 22.5. The molecule has 10 heteroatoms. The van der Waals surface area contributed by atoms with Crippen molar-refractivity contribution in [3.63, 3.8) is 0 Å². The second-order valence-corrected chi connectivity index (χ2v) is 6.74. The van der Waals surface area contributed by atoms with E-state index < -0.39 is 22.2 Å². The van der Waals surface area contributed by atoms with E-state index in [9.17, 15) is 21.6 Å². The fourth-order valence-corrected chi connectivity index (χ4v) is 3.02. The van der Waals surface area contributed by atoms with Crippen LogP contribution in [-0.4, -0.2) is 62.4 Å². The molecule has 2 N–H and O–H groups in total. The summed E-state index contributed by atoms with van der Waals surface area (Å²) in [5.74, 6) is -2.76. The molecule has 2 rings (SSSR count). The van der Waals surface area contributed by atoms with Crippen LogP contribution in [-0.2, 0) is 14.8 Å². The third kappa shape index (κ3) is 4.32. The highest BCUT2D eigenvalue weighted by molar-refractivity contribution is 7.88. The van der Waals surface area contributed by atoms with E-state index in [0.717, 1.165) is 32.6 Å². The van der Waals surface area contributed by atoms with Crippen molar-refractivity contribution in [3.8, 4) is 0 Å². The molecule has 0 aliphatic carbocycles. The molecule has 2 aliphatic rings. The Balaban J connectivity index is 0.000000224. The fourth-order valence-electron chi connectivity index (χ4n) is 2.00. The molecule has 0 amide bonds. The van der Waals surface area contributed by atoms with Crippen molar-refractivity contribution >= 4 is 16.0 Å². The first-order valence-electron chi connectivity index (χ1n) is 5.42. The molecule has 0 saturated carbocycles. The summed E-state index contributed by atoms with van der Waals surface area (Å²) in [6.07, 6.45) is -2.68. The number of alkyl halides is 3. The van der Waals surface area contributed by atoms with Crippen LogP contribution >= 0.6 is 0 Å². The SMILES string of the molecule is CS(=O)(=O)N1CC2(CCNC2)C1.O=C(O)C(F)(F)F. The summed E-state index contributed by atoms with van der Waals surface area (Å²) in [6, 6.07) is 0. The highest BCUT2D eigenvalue weighted by atomic mass is 32.2. The van der Waals surface area contributed by atoms with E-state index in [1.165, 1.54) is 6.26 Å². The molecule has 0 aromatic carbocycles. The molecule has 2 fully saturated rings. The van der Waals surface area contributed by atoms with E-state index in [-0.39, 0.29) is 5.41 Å². The molecule has 0 atom stereocenters. The van der Waals surface area contributed by atoms with Crippen LogP contribution in [0.3, 0.4) is 0 Å². The number of carboxylic acid groups (broad SMARTS) is 1.